The van der Waals surface area contributed by atoms with E-state index in [0.717, 1.165) is 23.4 Å². The summed E-state index contributed by atoms with van der Waals surface area (Å²) in [5.74, 6) is 3.00. The molecule has 1 N–H and O–H groups in total. The summed E-state index contributed by atoms with van der Waals surface area (Å²) in [7, 11) is 1.64. The number of benzene rings is 2. The molecule has 0 spiro atoms. The first-order valence-corrected chi connectivity index (χ1v) is 12.8. The highest BCUT2D eigenvalue weighted by Crippen LogP contribution is 2.33. The average molecular weight is 481 g/mol. The lowest BCUT2D eigenvalue weighted by Gasteiger charge is -2.29. The van der Waals surface area contributed by atoms with Crippen molar-refractivity contribution in [2.75, 3.05) is 19.5 Å². The van der Waals surface area contributed by atoms with Crippen molar-refractivity contribution in [3.8, 4) is 28.6 Å². The number of methoxy groups -OCH3 is 1. The Kier molecular flexibility index (Phi) is 8.11. The Bertz CT molecular complexity index is 1100. The molecule has 0 radical (unpaired) electrons. The van der Waals surface area contributed by atoms with Crippen LogP contribution in [0, 0.1) is 5.92 Å². The zero-order chi connectivity index (χ0) is 23.9. The van der Waals surface area contributed by atoms with Gasteiger partial charge in [-0.2, -0.15) is 0 Å². The van der Waals surface area contributed by atoms with Gasteiger partial charge in [0.25, 0.3) is 0 Å². The molecule has 0 unspecified atom stereocenters. The van der Waals surface area contributed by atoms with Gasteiger partial charge in [-0.3, -0.25) is 9.36 Å². The number of nitrogens with one attached hydrogen (secondary N) is 1. The molecule has 1 saturated carbocycles. The maximum absolute atomic E-state index is 12.7. The minimum atomic E-state index is 0.0313. The van der Waals surface area contributed by atoms with Crippen molar-refractivity contribution in [1.29, 1.82) is 0 Å². The second-order valence-electron chi connectivity index (χ2n) is 8.49. The molecule has 2 atom stereocenters. The van der Waals surface area contributed by atoms with Crippen LogP contribution in [0.5, 0.6) is 11.5 Å². The van der Waals surface area contributed by atoms with E-state index in [1.165, 1.54) is 31.0 Å². The molecule has 2 aromatic carbocycles. The fourth-order valence-corrected chi connectivity index (χ4v) is 5.13. The van der Waals surface area contributed by atoms with Crippen LogP contribution in [-0.2, 0) is 4.79 Å². The Balaban J connectivity index is 1.60. The third-order valence-corrected chi connectivity index (χ3v) is 7.11. The second kappa shape index (κ2) is 11.4. The van der Waals surface area contributed by atoms with E-state index in [9.17, 15) is 4.79 Å². The number of amides is 1. The molecule has 3 aromatic rings. The summed E-state index contributed by atoms with van der Waals surface area (Å²) in [5, 5.41) is 12.8. The highest BCUT2D eigenvalue weighted by Gasteiger charge is 2.24. The quantitative estimate of drug-likeness (QED) is 0.428. The standard InChI is InChI=1S/C26H32N4O3S/c1-4-33-20-15-13-19(14-16-20)30-25(21-10-6-8-12-23(21)32-3)28-29-26(30)34-17-24(31)27-22-11-7-5-9-18(22)2/h6,8,10,12-16,18,22H,4-5,7,9,11,17H2,1-3H3,(H,27,31)/t18-,22+/m0/s1. The van der Waals surface area contributed by atoms with Crippen molar-refractivity contribution in [3.63, 3.8) is 0 Å². The van der Waals surface area contributed by atoms with Gasteiger partial charge >= 0.3 is 0 Å². The van der Waals surface area contributed by atoms with Gasteiger partial charge in [0.2, 0.25) is 5.91 Å². The first-order chi connectivity index (χ1) is 16.6. The van der Waals surface area contributed by atoms with Crippen LogP contribution in [-0.4, -0.2) is 46.2 Å². The summed E-state index contributed by atoms with van der Waals surface area (Å²) in [4.78, 5) is 12.7. The monoisotopic (exact) mass is 480 g/mol. The third-order valence-electron chi connectivity index (χ3n) is 6.18. The topological polar surface area (TPSA) is 78.3 Å². The highest BCUT2D eigenvalue weighted by atomic mass is 32.2. The lowest BCUT2D eigenvalue weighted by atomic mass is 9.86. The number of ether oxygens (including phenoxy) is 2. The number of hydrogen-bond donors (Lipinski definition) is 1. The smallest absolute Gasteiger partial charge is 0.230 e. The fourth-order valence-electron chi connectivity index (χ4n) is 4.37. The summed E-state index contributed by atoms with van der Waals surface area (Å²) in [5.41, 5.74) is 1.72. The van der Waals surface area contributed by atoms with Gasteiger partial charge in [-0.15, -0.1) is 10.2 Å². The summed E-state index contributed by atoms with van der Waals surface area (Å²) in [6.07, 6.45) is 4.65. The summed E-state index contributed by atoms with van der Waals surface area (Å²) in [6, 6.07) is 15.8. The molecule has 7 nitrogen and oxygen atoms in total. The summed E-state index contributed by atoms with van der Waals surface area (Å²) < 4.78 is 13.1. The molecule has 0 aliphatic heterocycles. The molecule has 1 heterocycles. The Morgan fingerprint density at radius 2 is 1.88 bits per heavy atom. The average Bonchev–Trinajstić information content (AvgIpc) is 3.28. The van der Waals surface area contributed by atoms with Gasteiger partial charge in [0.1, 0.15) is 11.5 Å². The van der Waals surface area contributed by atoms with E-state index in [1.807, 2.05) is 60.0 Å². The molecule has 0 bridgehead atoms. The van der Waals surface area contributed by atoms with Crippen molar-refractivity contribution in [1.82, 2.24) is 20.1 Å². The predicted octanol–water partition coefficient (Wildman–Crippen LogP) is 5.13. The molecule has 1 aromatic heterocycles. The molecule has 1 aliphatic rings. The molecule has 180 valence electrons. The molecule has 8 heteroatoms. The zero-order valence-corrected chi connectivity index (χ0v) is 20.8. The molecular weight excluding hydrogens is 448 g/mol. The number of aromatic nitrogens is 3. The van der Waals surface area contributed by atoms with E-state index in [1.54, 1.807) is 7.11 Å². The van der Waals surface area contributed by atoms with Crippen molar-refractivity contribution < 1.29 is 14.3 Å². The van der Waals surface area contributed by atoms with Crippen molar-refractivity contribution >= 4 is 17.7 Å². The van der Waals surface area contributed by atoms with Crippen LogP contribution >= 0.6 is 11.8 Å². The van der Waals surface area contributed by atoms with Crippen molar-refractivity contribution in [2.24, 2.45) is 5.92 Å². The molecule has 34 heavy (non-hydrogen) atoms. The van der Waals surface area contributed by atoms with Crippen LogP contribution in [0.25, 0.3) is 17.1 Å². The first-order valence-electron chi connectivity index (χ1n) is 11.8. The van der Waals surface area contributed by atoms with E-state index in [0.29, 0.717) is 29.3 Å². The number of carbonyl (C=O) groups excluding carboxylic acids is 1. The molecule has 0 saturated heterocycles. The zero-order valence-electron chi connectivity index (χ0n) is 20.0. The van der Waals surface area contributed by atoms with Crippen LogP contribution in [0.1, 0.15) is 39.5 Å². The van der Waals surface area contributed by atoms with Crippen LogP contribution in [0.4, 0.5) is 0 Å². The molecular formula is C26H32N4O3S. The van der Waals surface area contributed by atoms with Gasteiger partial charge in [-0.25, -0.2) is 0 Å². The minimum absolute atomic E-state index is 0.0313. The molecule has 4 rings (SSSR count). The van der Waals surface area contributed by atoms with Crippen LogP contribution in [0.2, 0.25) is 0 Å². The first kappa shape index (κ1) is 24.1. The number of nitrogens with zero attached hydrogens (tertiary/aromatic N) is 3. The lowest BCUT2D eigenvalue weighted by molar-refractivity contribution is -0.119. The third kappa shape index (κ3) is 5.55. The Morgan fingerprint density at radius 1 is 1.12 bits per heavy atom. The summed E-state index contributed by atoms with van der Waals surface area (Å²) in [6.45, 7) is 4.79. The molecule has 1 amide bonds. The number of para-hydroxylation sites is 1. The minimum Gasteiger partial charge on any atom is -0.496 e. The van der Waals surface area contributed by atoms with E-state index in [4.69, 9.17) is 9.47 Å². The predicted molar refractivity (Wildman–Crippen MR) is 135 cm³/mol. The highest BCUT2D eigenvalue weighted by molar-refractivity contribution is 7.99. The number of hydrogen-bond acceptors (Lipinski definition) is 6. The van der Waals surface area contributed by atoms with Gasteiger partial charge in [-0.1, -0.05) is 43.7 Å². The van der Waals surface area contributed by atoms with Crippen molar-refractivity contribution in [3.05, 3.63) is 48.5 Å². The van der Waals surface area contributed by atoms with E-state index < -0.39 is 0 Å². The van der Waals surface area contributed by atoms with E-state index >= 15 is 0 Å². The fraction of sp³-hybridized carbons (Fsp3) is 0.423. The van der Waals surface area contributed by atoms with Gasteiger partial charge in [0, 0.05) is 6.04 Å². The van der Waals surface area contributed by atoms with Crippen LogP contribution < -0.4 is 14.8 Å². The molecule has 1 aliphatic carbocycles. The van der Waals surface area contributed by atoms with E-state index in [-0.39, 0.29) is 17.7 Å². The van der Waals surface area contributed by atoms with Crippen LogP contribution in [0.3, 0.4) is 0 Å². The number of carbonyl (C=O) groups is 1. The lowest BCUT2D eigenvalue weighted by Crippen LogP contribution is -2.41. The van der Waals surface area contributed by atoms with Gasteiger partial charge < -0.3 is 14.8 Å². The largest absolute Gasteiger partial charge is 0.496 e. The van der Waals surface area contributed by atoms with Crippen molar-refractivity contribution in [2.45, 2.75) is 50.7 Å². The van der Waals surface area contributed by atoms with Crippen LogP contribution in [0.15, 0.2) is 53.7 Å². The summed E-state index contributed by atoms with van der Waals surface area (Å²) >= 11 is 1.39. The Hall–Kier alpha value is -3.00. The molecule has 1 fully saturated rings. The number of thioether (sulfide) groups is 1. The normalized spacial score (nSPS) is 17.9. The van der Waals surface area contributed by atoms with Gasteiger partial charge in [0.15, 0.2) is 11.0 Å². The SMILES string of the molecule is CCOc1ccc(-n2c(SCC(=O)N[C@@H]3CCCC[C@@H]3C)nnc2-c2ccccc2OC)cc1. The van der Waals surface area contributed by atoms with E-state index in [2.05, 4.69) is 22.4 Å². The Morgan fingerprint density at radius 3 is 2.62 bits per heavy atom. The number of rotatable bonds is 9. The maximum Gasteiger partial charge on any atom is 0.230 e. The van der Waals surface area contributed by atoms with Gasteiger partial charge in [-0.05, 0) is 62.1 Å². The van der Waals surface area contributed by atoms with Gasteiger partial charge in [0.05, 0.1) is 30.7 Å². The second-order valence-corrected chi connectivity index (χ2v) is 9.44. The maximum atomic E-state index is 12.7. The Labute approximate surface area is 205 Å².